The summed E-state index contributed by atoms with van der Waals surface area (Å²) in [5.74, 6) is -6.93. The van der Waals surface area contributed by atoms with Crippen molar-refractivity contribution in [2.24, 2.45) is 5.10 Å². The van der Waals surface area contributed by atoms with Gasteiger partial charge in [-0.15, -0.1) is 22.4 Å². The standard InChI is InChI=1S/C24H19F5N6OS/c1-34-32-14-35(33-34)13-23(36,19-6-4-17(25)9-21(19)27)24(28,29)22-7-5-18(11-31-22)37-12-16-3-2-15(10-30)8-20(16)26/h2-9,11,14,33,36H,12-13H2,1H3. The van der Waals surface area contributed by atoms with Crippen LogP contribution >= 0.6 is 11.8 Å². The van der Waals surface area contributed by atoms with Crippen LogP contribution in [0.25, 0.3) is 0 Å². The zero-order chi connectivity index (χ0) is 26.8. The van der Waals surface area contributed by atoms with E-state index in [0.717, 1.165) is 53.6 Å². The van der Waals surface area contributed by atoms with E-state index in [1.54, 1.807) is 0 Å². The normalized spacial score (nSPS) is 15.1. The number of rotatable bonds is 8. The Kier molecular flexibility index (Phi) is 7.35. The molecule has 0 spiro atoms. The van der Waals surface area contributed by atoms with Crippen molar-refractivity contribution in [1.29, 1.82) is 5.26 Å². The molecule has 1 aliphatic rings. The van der Waals surface area contributed by atoms with Crippen molar-refractivity contribution in [2.45, 2.75) is 22.2 Å². The largest absolute Gasteiger partial charge is 0.377 e. The molecule has 2 aromatic carbocycles. The molecule has 1 unspecified atom stereocenters. The monoisotopic (exact) mass is 534 g/mol. The van der Waals surface area contributed by atoms with Crippen LogP contribution in [0.5, 0.6) is 0 Å². The number of hydrazone groups is 1. The fourth-order valence-electron chi connectivity index (χ4n) is 3.64. The smallest absolute Gasteiger partial charge is 0.323 e. The summed E-state index contributed by atoms with van der Waals surface area (Å²) in [7, 11) is 1.48. The number of thioether (sulfide) groups is 1. The van der Waals surface area contributed by atoms with E-state index in [0.29, 0.717) is 16.5 Å². The predicted molar refractivity (Wildman–Crippen MR) is 125 cm³/mol. The summed E-state index contributed by atoms with van der Waals surface area (Å²) in [6, 6.07) is 10.1. The molecule has 1 atom stereocenters. The van der Waals surface area contributed by atoms with Gasteiger partial charge in [0.1, 0.15) is 29.5 Å². The molecule has 0 saturated carbocycles. The lowest BCUT2D eigenvalue weighted by Gasteiger charge is -2.38. The SMILES string of the molecule is CN1N=CN(CC(O)(c2ccc(F)cc2F)C(F)(F)c2ccc(SCc3ccc(C#N)cc3F)cn2)N1. The van der Waals surface area contributed by atoms with Crippen molar-refractivity contribution in [2.75, 3.05) is 13.6 Å². The maximum Gasteiger partial charge on any atom is 0.323 e. The molecule has 0 bridgehead atoms. The Morgan fingerprint density at radius 2 is 1.86 bits per heavy atom. The van der Waals surface area contributed by atoms with Crippen LogP contribution < -0.4 is 5.53 Å². The first-order valence-corrected chi connectivity index (χ1v) is 11.7. The summed E-state index contributed by atoms with van der Waals surface area (Å²) in [6.45, 7) is -0.869. The topological polar surface area (TPSA) is 87.8 Å². The van der Waals surface area contributed by atoms with Gasteiger partial charge >= 0.3 is 5.92 Å². The third-order valence-corrected chi connectivity index (χ3v) is 6.60. The predicted octanol–water partition coefficient (Wildman–Crippen LogP) is 4.25. The minimum Gasteiger partial charge on any atom is -0.377 e. The van der Waals surface area contributed by atoms with Crippen LogP contribution in [0.4, 0.5) is 22.0 Å². The van der Waals surface area contributed by atoms with Crippen LogP contribution in [0, 0.1) is 28.8 Å². The third-order valence-electron chi connectivity index (χ3n) is 5.57. The third kappa shape index (κ3) is 5.36. The van der Waals surface area contributed by atoms with Crippen molar-refractivity contribution in [3.63, 3.8) is 0 Å². The molecule has 2 heterocycles. The fraction of sp³-hybridized carbons (Fsp3) is 0.208. The second kappa shape index (κ2) is 10.3. The van der Waals surface area contributed by atoms with Gasteiger partial charge in [-0.3, -0.25) is 9.99 Å². The second-order valence-electron chi connectivity index (χ2n) is 8.13. The summed E-state index contributed by atoms with van der Waals surface area (Å²) in [5.41, 5.74) is -1.84. The van der Waals surface area contributed by atoms with Crippen molar-refractivity contribution in [3.05, 3.63) is 94.6 Å². The van der Waals surface area contributed by atoms with Crippen molar-refractivity contribution < 1.29 is 27.1 Å². The molecule has 4 rings (SSSR count). The molecule has 3 aromatic rings. The van der Waals surface area contributed by atoms with Crippen LogP contribution in [-0.2, 0) is 17.3 Å². The molecule has 1 aliphatic heterocycles. The van der Waals surface area contributed by atoms with Crippen LogP contribution in [0.1, 0.15) is 22.4 Å². The Labute approximate surface area is 212 Å². The summed E-state index contributed by atoms with van der Waals surface area (Å²) in [6.07, 6.45) is 2.25. The molecule has 1 aromatic heterocycles. The van der Waals surface area contributed by atoms with Gasteiger partial charge in [0.2, 0.25) is 0 Å². The number of halogens is 5. The van der Waals surface area contributed by atoms with Gasteiger partial charge in [-0.25, -0.2) is 18.3 Å². The highest BCUT2D eigenvalue weighted by atomic mass is 32.2. The number of β-amino-alcohol motifs (C(OH)–C–C–N with tert-alkyl or cyclic N) is 1. The Bertz CT molecular complexity index is 1370. The van der Waals surface area contributed by atoms with Crippen molar-refractivity contribution >= 4 is 18.1 Å². The van der Waals surface area contributed by atoms with Gasteiger partial charge in [0, 0.05) is 35.5 Å². The van der Waals surface area contributed by atoms with Gasteiger partial charge in [0.05, 0.1) is 18.2 Å². The van der Waals surface area contributed by atoms with Crippen molar-refractivity contribution in [1.82, 2.24) is 20.6 Å². The Balaban J connectivity index is 1.61. The molecule has 192 valence electrons. The van der Waals surface area contributed by atoms with Gasteiger partial charge in [-0.1, -0.05) is 6.07 Å². The van der Waals surface area contributed by atoms with Crippen molar-refractivity contribution in [3.8, 4) is 6.07 Å². The van der Waals surface area contributed by atoms with Gasteiger partial charge in [0.15, 0.2) is 5.60 Å². The molecule has 0 saturated heterocycles. The molecule has 0 amide bonds. The Morgan fingerprint density at radius 1 is 1.08 bits per heavy atom. The number of pyridine rings is 1. The highest BCUT2D eigenvalue weighted by Gasteiger charge is 2.58. The van der Waals surface area contributed by atoms with Crippen LogP contribution in [0.2, 0.25) is 0 Å². The number of benzene rings is 2. The second-order valence-corrected chi connectivity index (χ2v) is 9.18. The first-order chi connectivity index (χ1) is 17.5. The number of alkyl halides is 2. The minimum absolute atomic E-state index is 0.146. The number of aliphatic hydroxyl groups is 1. The molecule has 0 aliphatic carbocycles. The van der Waals surface area contributed by atoms with E-state index in [1.165, 1.54) is 30.4 Å². The van der Waals surface area contributed by atoms with Crippen LogP contribution in [0.15, 0.2) is 64.7 Å². The van der Waals surface area contributed by atoms with Gasteiger partial charge in [0.25, 0.3) is 0 Å². The average Bonchev–Trinajstić information content (AvgIpc) is 3.27. The first-order valence-electron chi connectivity index (χ1n) is 10.7. The Hall–Kier alpha value is -3.73. The lowest BCUT2D eigenvalue weighted by Crippen LogP contribution is -2.55. The van der Waals surface area contributed by atoms with E-state index < -0.39 is 46.8 Å². The van der Waals surface area contributed by atoms with E-state index in [9.17, 15) is 18.3 Å². The van der Waals surface area contributed by atoms with Gasteiger partial charge in [-0.05, 0) is 42.0 Å². The number of nitriles is 1. The van der Waals surface area contributed by atoms with Gasteiger partial charge in [-0.2, -0.15) is 14.0 Å². The quantitative estimate of drug-likeness (QED) is 0.330. The van der Waals surface area contributed by atoms with E-state index in [2.05, 4.69) is 15.6 Å². The zero-order valence-corrected chi connectivity index (χ0v) is 20.0. The molecular formula is C24H19F5N6OS. The molecule has 2 N–H and O–H groups in total. The number of hydrogen-bond donors (Lipinski definition) is 2. The van der Waals surface area contributed by atoms with E-state index >= 15 is 8.78 Å². The highest BCUT2D eigenvalue weighted by molar-refractivity contribution is 7.98. The molecule has 0 radical (unpaired) electrons. The minimum atomic E-state index is -4.15. The number of nitrogens with zero attached hydrogens (tertiary/aromatic N) is 5. The maximum atomic E-state index is 15.9. The summed E-state index contributed by atoms with van der Waals surface area (Å²) in [4.78, 5) is 4.22. The Morgan fingerprint density at radius 3 is 2.46 bits per heavy atom. The van der Waals surface area contributed by atoms with Gasteiger partial charge < -0.3 is 5.11 Å². The number of hydrazine groups is 2. The summed E-state index contributed by atoms with van der Waals surface area (Å²) >= 11 is 1.12. The molecular weight excluding hydrogens is 515 g/mol. The molecule has 13 heteroatoms. The molecule has 7 nitrogen and oxygen atoms in total. The number of aromatic nitrogens is 1. The molecule has 37 heavy (non-hydrogen) atoms. The maximum absolute atomic E-state index is 15.9. The number of hydrogen-bond acceptors (Lipinski definition) is 8. The summed E-state index contributed by atoms with van der Waals surface area (Å²) < 4.78 is 74.0. The van der Waals surface area contributed by atoms with Crippen LogP contribution in [0.3, 0.4) is 0 Å². The lowest BCUT2D eigenvalue weighted by atomic mass is 9.84. The first kappa shape index (κ1) is 26.3. The average molecular weight is 535 g/mol. The number of nitrogens with one attached hydrogen (secondary N) is 1. The lowest BCUT2D eigenvalue weighted by molar-refractivity contribution is -0.207. The summed E-state index contributed by atoms with van der Waals surface area (Å²) in [5, 5.41) is 26.1. The molecule has 0 fully saturated rings. The van der Waals surface area contributed by atoms with E-state index in [4.69, 9.17) is 5.26 Å². The highest BCUT2D eigenvalue weighted by Crippen LogP contribution is 2.46. The fourth-order valence-corrected chi connectivity index (χ4v) is 4.48. The van der Waals surface area contributed by atoms with E-state index in [-0.39, 0.29) is 11.3 Å². The zero-order valence-electron chi connectivity index (χ0n) is 19.2. The van der Waals surface area contributed by atoms with E-state index in [1.807, 2.05) is 6.07 Å². The van der Waals surface area contributed by atoms with Crippen LogP contribution in [-0.4, -0.2) is 40.1 Å².